The van der Waals surface area contributed by atoms with Crippen LogP contribution in [0.2, 0.25) is 0 Å². The Morgan fingerprint density at radius 1 is 1.43 bits per heavy atom. The lowest BCUT2D eigenvalue weighted by Gasteiger charge is -2.30. The second-order valence-corrected chi connectivity index (χ2v) is 5.44. The Morgan fingerprint density at radius 3 is 2.50 bits per heavy atom. The van der Waals surface area contributed by atoms with E-state index in [1.807, 2.05) is 6.92 Å². The number of hydrogen-bond donors (Lipinski definition) is 1. The highest BCUT2D eigenvalue weighted by molar-refractivity contribution is 5.01. The third-order valence-corrected chi connectivity index (χ3v) is 4.27. The average Bonchev–Trinajstić information content (AvgIpc) is 2.39. The van der Waals surface area contributed by atoms with Gasteiger partial charge in [0.25, 0.3) is 0 Å². The Kier molecular flexibility index (Phi) is 3.77. The molecule has 0 aliphatic heterocycles. The predicted molar refractivity (Wildman–Crippen MR) is 61.1 cm³/mol. The van der Waals surface area contributed by atoms with Gasteiger partial charge in [0, 0.05) is 0 Å². The molecule has 1 heteroatoms. The lowest BCUT2D eigenvalue weighted by molar-refractivity contribution is 0.199. The minimum atomic E-state index is 0.211. The van der Waals surface area contributed by atoms with Crippen LogP contribution in [0.1, 0.15) is 47.0 Å². The summed E-state index contributed by atoms with van der Waals surface area (Å²) in [6.45, 7) is 9.35. The van der Waals surface area contributed by atoms with Crippen molar-refractivity contribution in [1.29, 1.82) is 0 Å². The molecule has 1 fully saturated rings. The molecule has 1 saturated carbocycles. The van der Waals surface area contributed by atoms with Crippen LogP contribution in [0.15, 0.2) is 11.6 Å². The van der Waals surface area contributed by atoms with Crippen LogP contribution in [0.25, 0.3) is 0 Å². The molecule has 82 valence electrons. The Bertz CT molecular complexity index is 215. The number of allylic oxidation sites excluding steroid dienone is 1. The van der Waals surface area contributed by atoms with E-state index in [-0.39, 0.29) is 6.61 Å². The molecule has 0 aromatic carbocycles. The molecule has 1 aliphatic carbocycles. The summed E-state index contributed by atoms with van der Waals surface area (Å²) in [6.07, 6.45) is 6.07. The van der Waals surface area contributed by atoms with Crippen LogP contribution in [-0.2, 0) is 0 Å². The maximum atomic E-state index is 8.92. The highest BCUT2D eigenvalue weighted by Gasteiger charge is 2.39. The van der Waals surface area contributed by atoms with Crippen molar-refractivity contribution in [2.24, 2.45) is 17.3 Å². The molecule has 0 aromatic heterocycles. The normalized spacial score (nSPS) is 32.2. The monoisotopic (exact) mass is 196 g/mol. The lowest BCUT2D eigenvalue weighted by atomic mass is 9.75. The van der Waals surface area contributed by atoms with Crippen LogP contribution >= 0.6 is 0 Å². The molecule has 14 heavy (non-hydrogen) atoms. The van der Waals surface area contributed by atoms with Gasteiger partial charge in [0.1, 0.15) is 0 Å². The second kappa shape index (κ2) is 4.48. The van der Waals surface area contributed by atoms with Crippen LogP contribution in [0.3, 0.4) is 0 Å². The van der Waals surface area contributed by atoms with Gasteiger partial charge in [-0.1, -0.05) is 32.4 Å². The van der Waals surface area contributed by atoms with Crippen molar-refractivity contribution in [3.63, 3.8) is 0 Å². The fourth-order valence-electron chi connectivity index (χ4n) is 2.43. The largest absolute Gasteiger partial charge is 0.392 e. The van der Waals surface area contributed by atoms with Crippen LogP contribution in [0, 0.1) is 17.3 Å². The molecule has 1 N–H and O–H groups in total. The molecule has 1 aliphatic rings. The van der Waals surface area contributed by atoms with Gasteiger partial charge in [-0.05, 0) is 43.4 Å². The molecule has 0 aromatic rings. The highest BCUT2D eigenvalue weighted by Crippen LogP contribution is 2.48. The van der Waals surface area contributed by atoms with E-state index >= 15 is 0 Å². The van der Waals surface area contributed by atoms with Crippen molar-refractivity contribution in [1.82, 2.24) is 0 Å². The molecule has 0 saturated heterocycles. The van der Waals surface area contributed by atoms with Gasteiger partial charge in [0.15, 0.2) is 0 Å². The number of aliphatic hydroxyl groups excluding tert-OH is 1. The molecule has 0 bridgehead atoms. The lowest BCUT2D eigenvalue weighted by Crippen LogP contribution is -2.22. The van der Waals surface area contributed by atoms with E-state index in [0.717, 1.165) is 23.8 Å². The van der Waals surface area contributed by atoms with Crippen LogP contribution in [0.4, 0.5) is 0 Å². The van der Waals surface area contributed by atoms with Crippen LogP contribution in [-0.4, -0.2) is 11.7 Å². The van der Waals surface area contributed by atoms with Crippen molar-refractivity contribution in [3.8, 4) is 0 Å². The standard InChI is InChI=1S/C13H24O/c1-10(9-14)5-7-12-8-6-11(2)13(12,3)4/h5,11-12,14H,6-9H2,1-4H3/t11-,12?/m1/s1. The van der Waals surface area contributed by atoms with E-state index in [1.54, 1.807) is 0 Å². The first-order chi connectivity index (χ1) is 6.48. The van der Waals surface area contributed by atoms with Gasteiger partial charge in [-0.15, -0.1) is 0 Å². The van der Waals surface area contributed by atoms with Crippen molar-refractivity contribution in [3.05, 3.63) is 11.6 Å². The molecular weight excluding hydrogens is 172 g/mol. The summed E-state index contributed by atoms with van der Waals surface area (Å²) in [7, 11) is 0. The fraction of sp³-hybridized carbons (Fsp3) is 0.846. The van der Waals surface area contributed by atoms with Gasteiger partial charge < -0.3 is 5.11 Å². The fourth-order valence-corrected chi connectivity index (χ4v) is 2.43. The predicted octanol–water partition coefficient (Wildman–Crippen LogP) is 3.39. The van der Waals surface area contributed by atoms with Crippen molar-refractivity contribution in [2.75, 3.05) is 6.61 Å². The second-order valence-electron chi connectivity index (χ2n) is 5.44. The number of aliphatic hydroxyl groups is 1. The molecule has 0 heterocycles. The minimum Gasteiger partial charge on any atom is -0.392 e. The summed E-state index contributed by atoms with van der Waals surface area (Å²) in [4.78, 5) is 0. The summed E-state index contributed by atoms with van der Waals surface area (Å²) in [5, 5.41) is 8.92. The zero-order valence-corrected chi connectivity index (χ0v) is 10.0. The molecule has 1 nitrogen and oxygen atoms in total. The zero-order valence-electron chi connectivity index (χ0n) is 10.0. The Hall–Kier alpha value is -0.300. The molecule has 0 spiro atoms. The molecular formula is C13H24O. The Morgan fingerprint density at radius 2 is 2.07 bits per heavy atom. The zero-order chi connectivity index (χ0) is 10.8. The third kappa shape index (κ3) is 2.38. The maximum absolute atomic E-state index is 8.92. The molecule has 1 rings (SSSR count). The minimum absolute atomic E-state index is 0.211. The molecule has 1 unspecified atom stereocenters. The van der Waals surface area contributed by atoms with E-state index in [2.05, 4.69) is 26.8 Å². The molecule has 0 radical (unpaired) electrons. The summed E-state index contributed by atoms with van der Waals surface area (Å²) in [6, 6.07) is 0. The van der Waals surface area contributed by atoms with Crippen molar-refractivity contribution in [2.45, 2.75) is 47.0 Å². The first kappa shape index (κ1) is 11.8. The van der Waals surface area contributed by atoms with Gasteiger partial charge in [-0.25, -0.2) is 0 Å². The van der Waals surface area contributed by atoms with E-state index in [0.29, 0.717) is 5.41 Å². The highest BCUT2D eigenvalue weighted by atomic mass is 16.3. The van der Waals surface area contributed by atoms with Crippen LogP contribution < -0.4 is 0 Å². The van der Waals surface area contributed by atoms with E-state index in [1.165, 1.54) is 12.8 Å². The molecule has 2 atom stereocenters. The van der Waals surface area contributed by atoms with Crippen molar-refractivity contribution >= 4 is 0 Å². The Labute approximate surface area is 88.2 Å². The van der Waals surface area contributed by atoms with Gasteiger partial charge in [0.2, 0.25) is 0 Å². The van der Waals surface area contributed by atoms with E-state index in [9.17, 15) is 0 Å². The summed E-state index contributed by atoms with van der Waals surface area (Å²) in [5.74, 6) is 1.65. The van der Waals surface area contributed by atoms with E-state index < -0.39 is 0 Å². The summed E-state index contributed by atoms with van der Waals surface area (Å²) >= 11 is 0. The Balaban J connectivity index is 2.55. The third-order valence-electron chi connectivity index (χ3n) is 4.27. The smallest absolute Gasteiger partial charge is 0.0639 e. The van der Waals surface area contributed by atoms with Crippen LogP contribution in [0.5, 0.6) is 0 Å². The van der Waals surface area contributed by atoms with Gasteiger partial charge in [-0.3, -0.25) is 0 Å². The van der Waals surface area contributed by atoms with Gasteiger partial charge >= 0.3 is 0 Å². The summed E-state index contributed by atoms with van der Waals surface area (Å²) in [5.41, 5.74) is 1.59. The first-order valence-corrected chi connectivity index (χ1v) is 5.75. The molecule has 0 amide bonds. The SMILES string of the molecule is CC(=CCC1CC[C@@H](C)C1(C)C)CO. The van der Waals surface area contributed by atoms with E-state index in [4.69, 9.17) is 5.11 Å². The topological polar surface area (TPSA) is 20.2 Å². The number of hydrogen-bond acceptors (Lipinski definition) is 1. The average molecular weight is 196 g/mol. The number of rotatable bonds is 3. The maximum Gasteiger partial charge on any atom is 0.0639 e. The first-order valence-electron chi connectivity index (χ1n) is 5.75. The quantitative estimate of drug-likeness (QED) is 0.686. The van der Waals surface area contributed by atoms with Crippen molar-refractivity contribution < 1.29 is 5.11 Å². The summed E-state index contributed by atoms with van der Waals surface area (Å²) < 4.78 is 0. The van der Waals surface area contributed by atoms with Gasteiger partial charge in [0.05, 0.1) is 6.61 Å². The van der Waals surface area contributed by atoms with Gasteiger partial charge in [-0.2, -0.15) is 0 Å².